The molecule has 0 aliphatic carbocycles. The molecule has 25 heteroatoms. The van der Waals surface area contributed by atoms with Gasteiger partial charge in [0.2, 0.25) is 41.4 Å². The van der Waals surface area contributed by atoms with Gasteiger partial charge in [-0.2, -0.15) is 0 Å². The molecular weight excluding hydrogens is 1010 g/mol. The van der Waals surface area contributed by atoms with Crippen LogP contribution in [0.1, 0.15) is 128 Å². The lowest BCUT2D eigenvalue weighted by atomic mass is 9.91. The number of benzene rings is 1. The number of unbranched alkanes of at least 4 members (excludes halogenated alkanes) is 5. The monoisotopic (exact) mass is 1090 g/mol. The van der Waals surface area contributed by atoms with Gasteiger partial charge < -0.3 is 88.3 Å². The fourth-order valence-corrected chi connectivity index (χ4v) is 10.0. The molecule has 4 rings (SSSR count). The molecule has 1 aromatic carbocycles. The standard InChI is InChI=1S/C52H85N9O16/c1-5-28(2)24-29(3)12-10-8-6-7-9-11-13-39(68)55-34-26-38(67)50(77-23-21-54)59-49(74)43-37(66)19-22-60(43)52(76)41(36(65)18-20-53)57-48(73)42(45(70)44(69)31-14-16-32(63)17-15-31)58-47(72)35-25-33(64)27-61(35)51(75)40(30(4)62)56-46(34)71/h14-17,28-30,33-38,40-43,45,50,62-67,70H,5-13,18-27,53-54H2,1-4H3,(H,55,68)(H,56,71)(H,57,73)(H,58,72)(H,59,74)/t28?,29?,30-,33-,34+,35+,36-,37+,38-,40?,41+,42?,43+,45+,50-/m1/s1. The summed E-state index contributed by atoms with van der Waals surface area (Å²) in [5, 5.41) is 89.6. The van der Waals surface area contributed by atoms with Crippen molar-refractivity contribution in [2.45, 2.75) is 197 Å². The summed E-state index contributed by atoms with van der Waals surface area (Å²) in [6, 6.07) is -7.06. The van der Waals surface area contributed by atoms with Crippen molar-refractivity contribution in [1.82, 2.24) is 36.4 Å². The fourth-order valence-electron chi connectivity index (χ4n) is 10.0. The molecule has 3 fully saturated rings. The maximum Gasteiger partial charge on any atom is 0.248 e. The molecular formula is C52H85N9O16. The number of aliphatic hydroxyl groups excluding tert-OH is 6. The van der Waals surface area contributed by atoms with E-state index in [-0.39, 0.29) is 56.8 Å². The lowest BCUT2D eigenvalue weighted by molar-refractivity contribution is -0.149. The Hall–Kier alpha value is -5.38. The van der Waals surface area contributed by atoms with Gasteiger partial charge in [-0.3, -0.25) is 38.4 Å². The summed E-state index contributed by atoms with van der Waals surface area (Å²) >= 11 is 0. The van der Waals surface area contributed by atoms with Gasteiger partial charge in [-0.25, -0.2) is 0 Å². The zero-order chi connectivity index (χ0) is 57.1. The number of hydrogen-bond donors (Lipinski definition) is 14. The first-order valence-electron chi connectivity index (χ1n) is 27.1. The molecule has 7 amide bonds. The molecule has 0 bridgehead atoms. The van der Waals surface area contributed by atoms with Gasteiger partial charge in [-0.1, -0.05) is 65.7 Å². The predicted molar refractivity (Wildman–Crippen MR) is 278 cm³/mol. The number of nitrogens with two attached hydrogens (primary N) is 2. The number of amides is 7. The van der Waals surface area contributed by atoms with Crippen molar-refractivity contribution >= 4 is 47.1 Å². The van der Waals surface area contributed by atoms with Gasteiger partial charge in [0, 0.05) is 44.5 Å². The first-order chi connectivity index (χ1) is 36.5. The Balaban J connectivity index is 1.73. The zero-order valence-electron chi connectivity index (χ0n) is 44.8. The number of Topliss-reactive ketones (excluding diaryl/α,β-unsaturated/α-hetero) is 1. The van der Waals surface area contributed by atoms with Gasteiger partial charge in [0.05, 0.1) is 31.0 Å². The van der Waals surface area contributed by atoms with Crippen molar-refractivity contribution in [1.29, 1.82) is 0 Å². The van der Waals surface area contributed by atoms with Gasteiger partial charge in [0.15, 0.2) is 12.0 Å². The lowest BCUT2D eigenvalue weighted by Gasteiger charge is -2.34. The lowest BCUT2D eigenvalue weighted by Crippen LogP contribution is -2.65. The third-order valence-electron chi connectivity index (χ3n) is 14.6. The summed E-state index contributed by atoms with van der Waals surface area (Å²) in [5.74, 6) is -8.00. The second-order valence-electron chi connectivity index (χ2n) is 21.0. The van der Waals surface area contributed by atoms with Gasteiger partial charge >= 0.3 is 0 Å². The number of nitrogens with one attached hydrogen (secondary N) is 5. The van der Waals surface area contributed by atoms with Crippen LogP contribution in [-0.4, -0.2) is 205 Å². The van der Waals surface area contributed by atoms with Crippen molar-refractivity contribution in [2.75, 3.05) is 32.8 Å². The summed E-state index contributed by atoms with van der Waals surface area (Å²) in [6.07, 6.45) is -5.92. The second-order valence-corrected chi connectivity index (χ2v) is 21.0. The molecule has 434 valence electrons. The van der Waals surface area contributed by atoms with E-state index < -0.39 is 146 Å². The summed E-state index contributed by atoms with van der Waals surface area (Å²) in [7, 11) is 0. The molecule has 0 saturated carbocycles. The maximum absolute atomic E-state index is 14.5. The molecule has 1 aromatic rings. The Kier molecular flexibility index (Phi) is 26.1. The molecule has 4 unspecified atom stereocenters. The summed E-state index contributed by atoms with van der Waals surface area (Å²) < 4.78 is 5.72. The number of phenolic OH excluding ortho intramolecular Hbond substituents is 1. The van der Waals surface area contributed by atoms with Crippen LogP contribution >= 0.6 is 0 Å². The molecule has 25 nitrogen and oxygen atoms in total. The second kappa shape index (κ2) is 31.3. The van der Waals surface area contributed by atoms with Crippen molar-refractivity contribution in [3.05, 3.63) is 29.8 Å². The predicted octanol–water partition coefficient (Wildman–Crippen LogP) is -2.74. The normalized spacial score (nSPS) is 28.2. The molecule has 0 aromatic heterocycles. The van der Waals surface area contributed by atoms with E-state index in [0.29, 0.717) is 24.7 Å². The zero-order valence-corrected chi connectivity index (χ0v) is 44.8. The highest BCUT2D eigenvalue weighted by Crippen LogP contribution is 2.25. The third kappa shape index (κ3) is 18.6. The largest absolute Gasteiger partial charge is 0.508 e. The van der Waals surface area contributed by atoms with Crippen LogP contribution in [0.25, 0.3) is 0 Å². The number of aliphatic hydroxyl groups is 6. The SMILES string of the molecule is CCC(C)CC(C)CCCCCCCCC(=O)N[C@H]1C[C@@H](O)[C@@H](OCCN)NC(=O)[C@@H]2[C@@H](O)CCN2C(=O)[C@H]([C@H](O)CCN)NC(=O)C([C@H](O)C(=O)c2ccc(O)cc2)NC(=O)[C@@H]2C[C@@H](O)CN2C(=O)C([C@@H](C)O)NC1=O. The topological polar surface area (TPSA) is 406 Å². The molecule has 3 aliphatic rings. The number of carbonyl (C=O) groups is 8. The molecule has 3 heterocycles. The van der Waals surface area contributed by atoms with Crippen LogP contribution in [-0.2, 0) is 38.3 Å². The third-order valence-corrected chi connectivity index (χ3v) is 14.6. The van der Waals surface area contributed by atoms with Crippen LogP contribution < -0.4 is 38.1 Å². The highest BCUT2D eigenvalue weighted by Gasteiger charge is 2.49. The van der Waals surface area contributed by atoms with E-state index in [1.165, 1.54) is 6.42 Å². The number of rotatable bonds is 23. The Morgan fingerprint density at radius 3 is 1.99 bits per heavy atom. The summed E-state index contributed by atoms with van der Waals surface area (Å²) in [6.45, 7) is 6.24. The Morgan fingerprint density at radius 2 is 1.35 bits per heavy atom. The number of aromatic hydroxyl groups is 1. The van der Waals surface area contributed by atoms with E-state index in [4.69, 9.17) is 16.2 Å². The van der Waals surface area contributed by atoms with Crippen LogP contribution in [0.3, 0.4) is 0 Å². The van der Waals surface area contributed by atoms with Crippen LogP contribution in [0.5, 0.6) is 5.75 Å². The fraction of sp³-hybridized carbons (Fsp3) is 0.731. The summed E-state index contributed by atoms with van der Waals surface area (Å²) in [5.41, 5.74) is 11.2. The van der Waals surface area contributed by atoms with Crippen LogP contribution in [0, 0.1) is 11.8 Å². The van der Waals surface area contributed by atoms with Crippen LogP contribution in [0.2, 0.25) is 0 Å². The molecule has 15 atom stereocenters. The van der Waals surface area contributed by atoms with Crippen LogP contribution in [0.15, 0.2) is 24.3 Å². The number of fused-ring (bicyclic) bond motifs is 2. The first-order valence-corrected chi connectivity index (χ1v) is 27.1. The minimum absolute atomic E-state index is 0.0468. The first kappa shape index (κ1) is 64.1. The van der Waals surface area contributed by atoms with E-state index in [0.717, 1.165) is 79.5 Å². The molecule has 16 N–H and O–H groups in total. The molecule has 3 saturated heterocycles. The van der Waals surface area contributed by atoms with E-state index in [1.807, 2.05) is 0 Å². The van der Waals surface area contributed by atoms with Crippen molar-refractivity contribution in [2.24, 2.45) is 23.3 Å². The van der Waals surface area contributed by atoms with Gasteiger partial charge in [0.1, 0.15) is 54.2 Å². The average Bonchev–Trinajstić information content (AvgIpc) is 3.99. The number of phenols is 1. The quantitative estimate of drug-likeness (QED) is 0.0391. The number of carbonyl (C=O) groups excluding carboxylic acids is 8. The smallest absolute Gasteiger partial charge is 0.248 e. The van der Waals surface area contributed by atoms with E-state index in [1.54, 1.807) is 0 Å². The van der Waals surface area contributed by atoms with E-state index >= 15 is 0 Å². The van der Waals surface area contributed by atoms with Crippen LogP contribution in [0.4, 0.5) is 0 Å². The van der Waals surface area contributed by atoms with E-state index in [2.05, 4.69) is 47.4 Å². The molecule has 0 spiro atoms. The number of nitrogens with zero attached hydrogens (tertiary/aromatic N) is 2. The molecule has 0 radical (unpaired) electrons. The maximum atomic E-state index is 14.5. The Morgan fingerprint density at radius 1 is 0.727 bits per heavy atom. The van der Waals surface area contributed by atoms with Crippen molar-refractivity contribution in [3.63, 3.8) is 0 Å². The highest BCUT2D eigenvalue weighted by molar-refractivity contribution is 6.05. The number of ketones is 1. The van der Waals surface area contributed by atoms with Gasteiger partial charge in [0.25, 0.3) is 0 Å². The van der Waals surface area contributed by atoms with Crippen molar-refractivity contribution < 1.29 is 78.8 Å². The minimum atomic E-state index is -2.48. The number of ether oxygens (including phenoxy) is 1. The summed E-state index contributed by atoms with van der Waals surface area (Å²) in [4.78, 5) is 115. The Labute approximate surface area is 449 Å². The minimum Gasteiger partial charge on any atom is -0.508 e. The molecule has 77 heavy (non-hydrogen) atoms. The van der Waals surface area contributed by atoms with Gasteiger partial charge in [-0.15, -0.1) is 0 Å². The highest BCUT2D eigenvalue weighted by atomic mass is 16.5. The van der Waals surface area contributed by atoms with Crippen molar-refractivity contribution in [3.8, 4) is 5.75 Å². The number of hydrogen-bond acceptors (Lipinski definition) is 18. The van der Waals surface area contributed by atoms with E-state index in [9.17, 15) is 74.1 Å². The Bertz CT molecular complexity index is 2120. The molecule has 3 aliphatic heterocycles. The van der Waals surface area contributed by atoms with Gasteiger partial charge in [-0.05, 0) is 75.3 Å². The average molecular weight is 1090 g/mol.